The molecule has 1 fully saturated rings. The molecular formula is C15H22N4OS. The minimum absolute atomic E-state index is 0.0147. The van der Waals surface area contributed by atoms with Crippen LogP contribution in [-0.4, -0.2) is 57.9 Å². The molecule has 1 unspecified atom stereocenters. The zero-order valence-corrected chi connectivity index (χ0v) is 13.4. The summed E-state index contributed by atoms with van der Waals surface area (Å²) >= 11 is 4.89. The number of thiocarbonyl (C=S) groups is 1. The quantitative estimate of drug-likeness (QED) is 0.830. The zero-order chi connectivity index (χ0) is 15.4. The van der Waals surface area contributed by atoms with Crippen molar-refractivity contribution in [2.75, 3.05) is 26.2 Å². The van der Waals surface area contributed by atoms with Crippen molar-refractivity contribution in [1.82, 2.24) is 14.8 Å². The molecule has 1 aromatic rings. The molecule has 1 atom stereocenters. The summed E-state index contributed by atoms with van der Waals surface area (Å²) in [6, 6.07) is 3.90. The third-order valence-electron chi connectivity index (χ3n) is 4.05. The van der Waals surface area contributed by atoms with Crippen LogP contribution in [-0.2, 0) is 0 Å². The van der Waals surface area contributed by atoms with E-state index >= 15 is 0 Å². The first kappa shape index (κ1) is 15.9. The normalized spacial score (nSPS) is 18.2. The highest BCUT2D eigenvalue weighted by molar-refractivity contribution is 7.80. The van der Waals surface area contributed by atoms with Crippen molar-refractivity contribution in [3.05, 3.63) is 29.6 Å². The second-order valence-electron chi connectivity index (χ2n) is 5.21. The van der Waals surface area contributed by atoms with E-state index in [0.29, 0.717) is 22.3 Å². The Morgan fingerprint density at radius 3 is 2.71 bits per heavy atom. The number of likely N-dealkylation sites (tertiary alicyclic amines) is 1. The Labute approximate surface area is 131 Å². The lowest BCUT2D eigenvalue weighted by atomic mass is 10.2. The fraction of sp³-hybridized carbons (Fsp3) is 0.533. The second kappa shape index (κ2) is 6.95. The summed E-state index contributed by atoms with van der Waals surface area (Å²) in [5.41, 5.74) is 6.67. The van der Waals surface area contributed by atoms with Crippen molar-refractivity contribution < 1.29 is 4.79 Å². The third-order valence-corrected chi connectivity index (χ3v) is 4.28. The van der Waals surface area contributed by atoms with E-state index in [1.165, 1.54) is 0 Å². The average Bonchev–Trinajstić information content (AvgIpc) is 2.97. The minimum atomic E-state index is -0.0147. The molecule has 1 saturated heterocycles. The van der Waals surface area contributed by atoms with Crippen LogP contribution in [0.5, 0.6) is 0 Å². The van der Waals surface area contributed by atoms with Crippen LogP contribution in [0.2, 0.25) is 0 Å². The number of pyridine rings is 1. The number of amides is 1. The van der Waals surface area contributed by atoms with Crippen LogP contribution in [0.25, 0.3) is 0 Å². The Hall–Kier alpha value is -1.53. The fourth-order valence-electron chi connectivity index (χ4n) is 2.79. The molecule has 114 valence electrons. The summed E-state index contributed by atoms with van der Waals surface area (Å²) in [4.78, 5) is 21.2. The monoisotopic (exact) mass is 306 g/mol. The molecule has 2 N–H and O–H groups in total. The standard InChI is InChI=1S/C15H22N4OS/c1-3-18(4-2)12-7-8-19(10-12)15(20)13-6-5-11(9-17-13)14(16)21/h5-6,9,12H,3-4,7-8,10H2,1-2H3,(H2,16,21). The number of carbonyl (C=O) groups is 1. The third kappa shape index (κ3) is 3.57. The summed E-state index contributed by atoms with van der Waals surface area (Å²) < 4.78 is 0. The number of likely N-dealkylation sites (N-methyl/N-ethyl adjacent to an activating group) is 1. The van der Waals surface area contributed by atoms with Gasteiger partial charge in [-0.1, -0.05) is 26.1 Å². The highest BCUT2D eigenvalue weighted by Crippen LogP contribution is 2.17. The van der Waals surface area contributed by atoms with Crippen molar-refractivity contribution in [2.45, 2.75) is 26.3 Å². The Balaban J connectivity index is 2.02. The molecule has 2 heterocycles. The SMILES string of the molecule is CCN(CC)C1CCN(C(=O)c2ccc(C(N)=S)cn2)C1. The Morgan fingerprint density at radius 2 is 2.19 bits per heavy atom. The number of nitrogens with zero attached hydrogens (tertiary/aromatic N) is 3. The van der Waals surface area contributed by atoms with Gasteiger partial charge in [0.1, 0.15) is 10.7 Å². The molecule has 0 aromatic carbocycles. The van der Waals surface area contributed by atoms with Gasteiger partial charge in [0.25, 0.3) is 5.91 Å². The highest BCUT2D eigenvalue weighted by atomic mass is 32.1. The molecule has 0 bridgehead atoms. The van der Waals surface area contributed by atoms with Crippen LogP contribution < -0.4 is 5.73 Å². The van der Waals surface area contributed by atoms with Gasteiger partial charge in [-0.3, -0.25) is 14.7 Å². The summed E-state index contributed by atoms with van der Waals surface area (Å²) in [5, 5.41) is 0. The lowest BCUT2D eigenvalue weighted by molar-refractivity contribution is 0.0772. The first-order chi connectivity index (χ1) is 10.1. The number of rotatable bonds is 5. The predicted molar refractivity (Wildman–Crippen MR) is 87.4 cm³/mol. The van der Waals surface area contributed by atoms with E-state index in [9.17, 15) is 4.79 Å². The lowest BCUT2D eigenvalue weighted by Crippen LogP contribution is -2.38. The smallest absolute Gasteiger partial charge is 0.272 e. The van der Waals surface area contributed by atoms with E-state index in [1.54, 1.807) is 18.3 Å². The highest BCUT2D eigenvalue weighted by Gasteiger charge is 2.30. The molecule has 1 aliphatic rings. The lowest BCUT2D eigenvalue weighted by Gasteiger charge is -2.26. The van der Waals surface area contributed by atoms with Gasteiger partial charge in [-0.25, -0.2) is 0 Å². The van der Waals surface area contributed by atoms with E-state index < -0.39 is 0 Å². The van der Waals surface area contributed by atoms with Crippen molar-refractivity contribution in [3.63, 3.8) is 0 Å². The first-order valence-corrected chi connectivity index (χ1v) is 7.76. The van der Waals surface area contributed by atoms with Gasteiger partial charge in [0, 0.05) is 30.9 Å². The largest absolute Gasteiger partial charge is 0.389 e. The van der Waals surface area contributed by atoms with Crippen LogP contribution in [0.3, 0.4) is 0 Å². The average molecular weight is 306 g/mol. The maximum absolute atomic E-state index is 12.5. The molecule has 1 aromatic heterocycles. The van der Waals surface area contributed by atoms with E-state index in [2.05, 4.69) is 23.7 Å². The number of carbonyl (C=O) groups excluding carboxylic acids is 1. The van der Waals surface area contributed by atoms with Gasteiger partial charge in [-0.05, 0) is 31.6 Å². The first-order valence-electron chi connectivity index (χ1n) is 7.36. The molecule has 1 amide bonds. The van der Waals surface area contributed by atoms with E-state index in [1.807, 2.05) is 4.90 Å². The van der Waals surface area contributed by atoms with Gasteiger partial charge < -0.3 is 10.6 Å². The summed E-state index contributed by atoms with van der Waals surface area (Å²) in [5.74, 6) is -0.0147. The van der Waals surface area contributed by atoms with Crippen LogP contribution in [0.15, 0.2) is 18.3 Å². The molecule has 6 heteroatoms. The fourth-order valence-corrected chi connectivity index (χ4v) is 2.91. The molecule has 2 rings (SSSR count). The predicted octanol–water partition coefficient (Wildman–Crippen LogP) is 1.27. The summed E-state index contributed by atoms with van der Waals surface area (Å²) in [6.07, 6.45) is 2.59. The molecule has 5 nitrogen and oxygen atoms in total. The second-order valence-corrected chi connectivity index (χ2v) is 5.65. The Morgan fingerprint density at radius 1 is 1.48 bits per heavy atom. The number of aromatic nitrogens is 1. The van der Waals surface area contributed by atoms with Gasteiger partial charge in [-0.15, -0.1) is 0 Å². The molecule has 1 aliphatic heterocycles. The number of nitrogens with two attached hydrogens (primary N) is 1. The van der Waals surface area contributed by atoms with E-state index in [4.69, 9.17) is 18.0 Å². The topological polar surface area (TPSA) is 62.5 Å². The van der Waals surface area contributed by atoms with Crippen molar-refractivity contribution in [2.24, 2.45) is 5.73 Å². The molecule has 0 aliphatic carbocycles. The molecule has 0 radical (unpaired) electrons. The van der Waals surface area contributed by atoms with Crippen LogP contribution in [0.1, 0.15) is 36.3 Å². The molecule has 0 spiro atoms. The van der Waals surface area contributed by atoms with Gasteiger partial charge in [0.05, 0.1) is 0 Å². The van der Waals surface area contributed by atoms with Gasteiger partial charge in [0.15, 0.2) is 0 Å². The molecule has 21 heavy (non-hydrogen) atoms. The van der Waals surface area contributed by atoms with Gasteiger partial charge in [0.2, 0.25) is 0 Å². The van der Waals surface area contributed by atoms with Crippen LogP contribution in [0, 0.1) is 0 Å². The maximum Gasteiger partial charge on any atom is 0.272 e. The number of hydrogen-bond donors (Lipinski definition) is 1. The van der Waals surface area contributed by atoms with Crippen LogP contribution in [0.4, 0.5) is 0 Å². The number of hydrogen-bond acceptors (Lipinski definition) is 4. The van der Waals surface area contributed by atoms with Crippen molar-refractivity contribution in [1.29, 1.82) is 0 Å². The van der Waals surface area contributed by atoms with Crippen LogP contribution >= 0.6 is 12.2 Å². The zero-order valence-electron chi connectivity index (χ0n) is 12.6. The molecular weight excluding hydrogens is 284 g/mol. The van der Waals surface area contributed by atoms with E-state index in [-0.39, 0.29) is 5.91 Å². The van der Waals surface area contributed by atoms with Gasteiger partial charge >= 0.3 is 0 Å². The van der Waals surface area contributed by atoms with Crippen molar-refractivity contribution >= 4 is 23.1 Å². The summed E-state index contributed by atoms with van der Waals surface area (Å²) in [6.45, 7) is 7.92. The maximum atomic E-state index is 12.5. The minimum Gasteiger partial charge on any atom is -0.389 e. The Kier molecular flexibility index (Phi) is 5.25. The van der Waals surface area contributed by atoms with Crippen molar-refractivity contribution in [3.8, 4) is 0 Å². The van der Waals surface area contributed by atoms with Gasteiger partial charge in [-0.2, -0.15) is 0 Å². The van der Waals surface area contributed by atoms with E-state index in [0.717, 1.165) is 32.6 Å². The molecule has 0 saturated carbocycles. The Bertz CT molecular complexity index is 513. The summed E-state index contributed by atoms with van der Waals surface area (Å²) in [7, 11) is 0.